The molecule has 1 aliphatic heterocycles. The fourth-order valence-electron chi connectivity index (χ4n) is 2.25. The van der Waals surface area contributed by atoms with E-state index in [1.807, 2.05) is 0 Å². The van der Waals surface area contributed by atoms with Gasteiger partial charge in [0.25, 0.3) is 0 Å². The van der Waals surface area contributed by atoms with E-state index < -0.39 is 0 Å². The summed E-state index contributed by atoms with van der Waals surface area (Å²) in [7, 11) is 1.47. The largest absolute Gasteiger partial charge is 0.469 e. The van der Waals surface area contributed by atoms with Crippen LogP contribution in [0, 0.1) is 11.3 Å². The van der Waals surface area contributed by atoms with E-state index >= 15 is 0 Å². The van der Waals surface area contributed by atoms with E-state index in [0.717, 1.165) is 13.0 Å². The summed E-state index contributed by atoms with van der Waals surface area (Å²) in [5, 5.41) is 3.27. The molecule has 0 spiro atoms. The second kappa shape index (κ2) is 1.97. The van der Waals surface area contributed by atoms with Crippen molar-refractivity contribution < 1.29 is 9.53 Å². The van der Waals surface area contributed by atoms with Gasteiger partial charge < -0.3 is 10.1 Å². The Morgan fingerprint density at radius 3 is 2.82 bits per heavy atom. The molecule has 1 saturated heterocycles. The van der Waals surface area contributed by atoms with Crippen molar-refractivity contribution >= 4 is 5.97 Å². The Bertz CT molecular complexity index is 204. The van der Waals surface area contributed by atoms with E-state index in [4.69, 9.17) is 4.74 Å². The van der Waals surface area contributed by atoms with Gasteiger partial charge in [-0.25, -0.2) is 0 Å². The molecule has 1 N–H and O–H groups in total. The van der Waals surface area contributed by atoms with Gasteiger partial charge in [0.05, 0.1) is 12.5 Å². The number of hydrogen-bond acceptors (Lipinski definition) is 3. The molecule has 3 heteroatoms. The number of ether oxygens (including phenoxy) is 1. The number of methoxy groups -OCH3 is 1. The van der Waals surface area contributed by atoms with Crippen LogP contribution in [0.3, 0.4) is 0 Å². The summed E-state index contributed by atoms with van der Waals surface area (Å²) in [6.07, 6.45) is 1.02. The first kappa shape index (κ1) is 7.10. The molecule has 0 bridgehead atoms. The van der Waals surface area contributed by atoms with Crippen LogP contribution in [0.5, 0.6) is 0 Å². The highest BCUT2D eigenvalue weighted by Gasteiger charge is 2.67. The Kier molecular flexibility index (Phi) is 1.27. The zero-order chi connectivity index (χ0) is 8.06. The summed E-state index contributed by atoms with van der Waals surface area (Å²) in [6, 6.07) is 0.306. The molecule has 3 atom stereocenters. The third kappa shape index (κ3) is 0.692. The number of fused-ring (bicyclic) bond motifs is 1. The first-order valence-electron chi connectivity index (χ1n) is 4.03. The standard InChI is InChI=1S/C8H13NO2/c1-5-8(7(10)11-2)3-6(8)4-9-5/h5-6,9H,3-4H2,1-2H3/t5?,6?,8-/m0/s1. The van der Waals surface area contributed by atoms with Gasteiger partial charge in [-0.1, -0.05) is 0 Å². The molecular formula is C8H13NO2. The van der Waals surface area contributed by atoms with Gasteiger partial charge >= 0.3 is 5.97 Å². The van der Waals surface area contributed by atoms with Crippen LogP contribution in [0.4, 0.5) is 0 Å². The Morgan fingerprint density at radius 2 is 2.45 bits per heavy atom. The predicted octanol–water partition coefficient (Wildman–Crippen LogP) is 0.157. The average Bonchev–Trinajstić information content (AvgIpc) is 2.68. The lowest BCUT2D eigenvalue weighted by Gasteiger charge is -2.16. The Hall–Kier alpha value is -0.570. The lowest BCUT2D eigenvalue weighted by Crippen LogP contribution is -2.34. The van der Waals surface area contributed by atoms with Crippen LogP contribution < -0.4 is 5.32 Å². The lowest BCUT2D eigenvalue weighted by atomic mass is 9.99. The number of hydrogen-bond donors (Lipinski definition) is 1. The summed E-state index contributed by atoms with van der Waals surface area (Å²) in [5.41, 5.74) is -0.144. The highest BCUT2D eigenvalue weighted by Crippen LogP contribution is 2.58. The minimum Gasteiger partial charge on any atom is -0.469 e. The maximum atomic E-state index is 11.3. The molecule has 2 aliphatic rings. The van der Waals surface area contributed by atoms with Crippen molar-refractivity contribution in [2.75, 3.05) is 13.7 Å². The summed E-state index contributed by atoms with van der Waals surface area (Å²) >= 11 is 0. The summed E-state index contributed by atoms with van der Waals surface area (Å²) in [4.78, 5) is 11.3. The summed E-state index contributed by atoms with van der Waals surface area (Å²) < 4.78 is 4.77. The third-order valence-corrected chi connectivity index (χ3v) is 3.16. The average molecular weight is 155 g/mol. The molecule has 0 aromatic carbocycles. The van der Waals surface area contributed by atoms with E-state index in [1.165, 1.54) is 7.11 Å². The number of nitrogens with one attached hydrogen (secondary N) is 1. The lowest BCUT2D eigenvalue weighted by molar-refractivity contribution is -0.147. The van der Waals surface area contributed by atoms with Gasteiger partial charge in [0, 0.05) is 6.04 Å². The first-order valence-corrected chi connectivity index (χ1v) is 4.03. The number of piperidine rings is 1. The number of rotatable bonds is 1. The van der Waals surface area contributed by atoms with E-state index in [9.17, 15) is 4.79 Å². The van der Waals surface area contributed by atoms with Gasteiger partial charge in [-0.15, -0.1) is 0 Å². The molecule has 2 fully saturated rings. The van der Waals surface area contributed by atoms with Crippen LogP contribution >= 0.6 is 0 Å². The van der Waals surface area contributed by atoms with Gasteiger partial charge in [0.1, 0.15) is 0 Å². The van der Waals surface area contributed by atoms with Gasteiger partial charge in [-0.3, -0.25) is 4.79 Å². The molecule has 0 amide bonds. The number of carbonyl (C=O) groups excluding carboxylic acids is 1. The van der Waals surface area contributed by atoms with E-state index in [2.05, 4.69) is 12.2 Å². The van der Waals surface area contributed by atoms with Gasteiger partial charge in [0.15, 0.2) is 0 Å². The smallest absolute Gasteiger partial charge is 0.313 e. The van der Waals surface area contributed by atoms with Crippen LogP contribution in [0.1, 0.15) is 13.3 Å². The summed E-state index contributed by atoms with van der Waals surface area (Å²) in [6.45, 7) is 3.04. The molecule has 2 unspecified atom stereocenters. The van der Waals surface area contributed by atoms with Crippen molar-refractivity contribution in [3.8, 4) is 0 Å². The molecular weight excluding hydrogens is 142 g/mol. The number of carbonyl (C=O) groups is 1. The minimum atomic E-state index is -0.144. The molecule has 0 aromatic rings. The molecule has 0 radical (unpaired) electrons. The maximum absolute atomic E-state index is 11.3. The normalized spacial score (nSPS) is 46.7. The van der Waals surface area contributed by atoms with Crippen LogP contribution in [0.25, 0.3) is 0 Å². The molecule has 1 aliphatic carbocycles. The highest BCUT2D eigenvalue weighted by atomic mass is 16.5. The van der Waals surface area contributed by atoms with E-state index in [0.29, 0.717) is 12.0 Å². The molecule has 0 aromatic heterocycles. The van der Waals surface area contributed by atoms with Crippen molar-refractivity contribution in [1.29, 1.82) is 0 Å². The topological polar surface area (TPSA) is 38.3 Å². The number of esters is 1. The quantitative estimate of drug-likeness (QED) is 0.548. The maximum Gasteiger partial charge on any atom is 0.313 e. The first-order chi connectivity index (χ1) is 5.21. The zero-order valence-corrected chi connectivity index (χ0v) is 6.89. The van der Waals surface area contributed by atoms with Crippen molar-refractivity contribution in [2.45, 2.75) is 19.4 Å². The third-order valence-electron chi connectivity index (χ3n) is 3.16. The van der Waals surface area contributed by atoms with Gasteiger partial charge in [0.2, 0.25) is 0 Å². The van der Waals surface area contributed by atoms with Crippen LogP contribution in [-0.4, -0.2) is 25.7 Å². The Balaban J connectivity index is 2.18. The van der Waals surface area contributed by atoms with Crippen molar-refractivity contribution in [3.05, 3.63) is 0 Å². The Morgan fingerprint density at radius 1 is 1.73 bits per heavy atom. The second-order valence-corrected chi connectivity index (χ2v) is 3.56. The second-order valence-electron chi connectivity index (χ2n) is 3.56. The SMILES string of the molecule is COC(=O)[C@]12CC1CNC2C. The predicted molar refractivity (Wildman–Crippen MR) is 40.0 cm³/mol. The molecule has 62 valence electrons. The fraction of sp³-hybridized carbons (Fsp3) is 0.875. The Labute approximate surface area is 66.1 Å². The molecule has 3 nitrogen and oxygen atoms in total. The van der Waals surface area contributed by atoms with Gasteiger partial charge in [-0.2, -0.15) is 0 Å². The van der Waals surface area contributed by atoms with Crippen molar-refractivity contribution in [2.24, 2.45) is 11.3 Å². The summed E-state index contributed by atoms with van der Waals surface area (Å²) in [5.74, 6) is 0.518. The van der Waals surface area contributed by atoms with Crippen LogP contribution in [0.15, 0.2) is 0 Å². The van der Waals surface area contributed by atoms with Crippen molar-refractivity contribution in [3.63, 3.8) is 0 Å². The van der Waals surface area contributed by atoms with Crippen LogP contribution in [0.2, 0.25) is 0 Å². The minimum absolute atomic E-state index is 0.0278. The zero-order valence-electron chi connectivity index (χ0n) is 6.89. The highest BCUT2D eigenvalue weighted by molar-refractivity contribution is 5.82. The molecule has 2 rings (SSSR count). The fourth-order valence-corrected chi connectivity index (χ4v) is 2.25. The van der Waals surface area contributed by atoms with Crippen LogP contribution in [-0.2, 0) is 9.53 Å². The van der Waals surface area contributed by atoms with E-state index in [-0.39, 0.29) is 11.4 Å². The van der Waals surface area contributed by atoms with E-state index in [1.54, 1.807) is 0 Å². The van der Waals surface area contributed by atoms with Crippen molar-refractivity contribution in [1.82, 2.24) is 5.32 Å². The molecule has 1 saturated carbocycles. The molecule has 11 heavy (non-hydrogen) atoms. The monoisotopic (exact) mass is 155 g/mol. The van der Waals surface area contributed by atoms with Gasteiger partial charge in [-0.05, 0) is 25.8 Å². The molecule has 1 heterocycles.